The molecule has 1 aromatic rings. The Hall–Kier alpha value is -0.990. The Labute approximate surface area is 106 Å². The molecule has 7 nitrogen and oxygen atoms in total. The maximum absolute atomic E-state index is 11.5. The van der Waals surface area contributed by atoms with Crippen LogP contribution in [-0.4, -0.2) is 35.9 Å². The number of nitrogens with two attached hydrogens (primary N) is 1. The molecule has 1 aliphatic rings. The van der Waals surface area contributed by atoms with E-state index in [4.69, 9.17) is 9.88 Å². The number of aromatic nitrogens is 3. The van der Waals surface area contributed by atoms with Crippen LogP contribution in [0.2, 0.25) is 0 Å². The van der Waals surface area contributed by atoms with E-state index < -0.39 is 10.0 Å². The predicted molar refractivity (Wildman–Crippen MR) is 64.6 cm³/mol. The molecule has 2 heterocycles. The van der Waals surface area contributed by atoms with E-state index >= 15 is 0 Å². The van der Waals surface area contributed by atoms with Gasteiger partial charge in [0.05, 0.1) is 6.10 Å². The molecule has 0 saturated carbocycles. The van der Waals surface area contributed by atoms with Crippen LogP contribution >= 0.6 is 0 Å². The zero-order valence-corrected chi connectivity index (χ0v) is 11.5. The summed E-state index contributed by atoms with van der Waals surface area (Å²) in [5, 5.41) is 12.7. The molecule has 0 aromatic carbocycles. The number of hydrogen-bond acceptors (Lipinski definition) is 5. The van der Waals surface area contributed by atoms with Crippen molar-refractivity contribution in [1.29, 1.82) is 0 Å². The fourth-order valence-electron chi connectivity index (χ4n) is 2.29. The number of rotatable bonds is 3. The average molecular weight is 274 g/mol. The minimum atomic E-state index is -3.86. The Morgan fingerprint density at radius 1 is 1.44 bits per heavy atom. The van der Waals surface area contributed by atoms with E-state index in [-0.39, 0.29) is 23.2 Å². The third-order valence-electron chi connectivity index (χ3n) is 3.17. The molecule has 2 atom stereocenters. The molecule has 18 heavy (non-hydrogen) atoms. The second kappa shape index (κ2) is 4.60. The van der Waals surface area contributed by atoms with Gasteiger partial charge in [0, 0.05) is 18.6 Å². The largest absolute Gasteiger partial charge is 0.378 e. The van der Waals surface area contributed by atoms with Gasteiger partial charge in [-0.2, -0.15) is 0 Å². The molecule has 0 amide bonds. The first-order valence-corrected chi connectivity index (χ1v) is 7.46. The Bertz CT molecular complexity index is 537. The maximum Gasteiger partial charge on any atom is 0.273 e. The molecule has 2 N–H and O–H groups in total. The van der Waals surface area contributed by atoms with Crippen LogP contribution in [0.5, 0.6) is 0 Å². The van der Waals surface area contributed by atoms with Gasteiger partial charge < -0.3 is 4.74 Å². The molecule has 2 rings (SSSR count). The zero-order chi connectivity index (χ0) is 13.5. The minimum Gasteiger partial charge on any atom is -0.378 e. The van der Waals surface area contributed by atoms with E-state index in [0.717, 1.165) is 6.42 Å². The summed E-state index contributed by atoms with van der Waals surface area (Å²) in [6, 6.07) is -0.0730. The van der Waals surface area contributed by atoms with Gasteiger partial charge in [-0.1, -0.05) is 0 Å². The van der Waals surface area contributed by atoms with Crippen LogP contribution in [0, 0.1) is 0 Å². The first kappa shape index (κ1) is 13.4. The molecular weight excluding hydrogens is 256 g/mol. The van der Waals surface area contributed by atoms with E-state index in [2.05, 4.69) is 10.2 Å². The highest BCUT2D eigenvalue weighted by atomic mass is 32.2. The van der Waals surface area contributed by atoms with Crippen molar-refractivity contribution in [3.05, 3.63) is 5.82 Å². The number of ether oxygens (including phenoxy) is 1. The van der Waals surface area contributed by atoms with Gasteiger partial charge in [0.15, 0.2) is 0 Å². The van der Waals surface area contributed by atoms with Crippen molar-refractivity contribution < 1.29 is 13.2 Å². The van der Waals surface area contributed by atoms with Crippen molar-refractivity contribution in [1.82, 2.24) is 14.8 Å². The maximum atomic E-state index is 11.5. The summed E-state index contributed by atoms with van der Waals surface area (Å²) in [5.41, 5.74) is 0. The molecule has 2 unspecified atom stereocenters. The van der Waals surface area contributed by atoms with Crippen molar-refractivity contribution in [2.45, 2.75) is 50.4 Å². The molecule has 1 aromatic heterocycles. The van der Waals surface area contributed by atoms with Gasteiger partial charge in [-0.25, -0.2) is 13.6 Å². The van der Waals surface area contributed by atoms with Gasteiger partial charge in [0.1, 0.15) is 5.82 Å². The number of nitrogens with zero attached hydrogens (tertiary/aromatic N) is 3. The van der Waals surface area contributed by atoms with E-state index in [1.807, 2.05) is 20.8 Å². The smallest absolute Gasteiger partial charge is 0.273 e. The second-order valence-electron chi connectivity index (χ2n) is 4.82. The Balaban J connectivity index is 2.52. The zero-order valence-electron chi connectivity index (χ0n) is 10.7. The quantitative estimate of drug-likeness (QED) is 0.859. The molecule has 1 fully saturated rings. The van der Waals surface area contributed by atoms with Crippen molar-refractivity contribution >= 4 is 10.0 Å². The number of primary sulfonamides is 1. The van der Waals surface area contributed by atoms with E-state index in [9.17, 15) is 8.42 Å². The Morgan fingerprint density at radius 2 is 2.11 bits per heavy atom. The van der Waals surface area contributed by atoms with Crippen molar-refractivity contribution in [3.63, 3.8) is 0 Å². The topological polar surface area (TPSA) is 100 Å². The van der Waals surface area contributed by atoms with E-state index in [0.29, 0.717) is 12.4 Å². The lowest BCUT2D eigenvalue weighted by molar-refractivity contribution is 0.116. The molecule has 102 valence electrons. The van der Waals surface area contributed by atoms with Gasteiger partial charge in [-0.05, 0) is 27.2 Å². The van der Waals surface area contributed by atoms with Gasteiger partial charge in [-0.3, -0.25) is 4.57 Å². The van der Waals surface area contributed by atoms with Gasteiger partial charge >= 0.3 is 0 Å². The van der Waals surface area contributed by atoms with E-state index in [1.54, 1.807) is 4.57 Å². The lowest BCUT2D eigenvalue weighted by Gasteiger charge is -2.18. The fourth-order valence-corrected chi connectivity index (χ4v) is 3.02. The molecule has 0 bridgehead atoms. The van der Waals surface area contributed by atoms with E-state index in [1.165, 1.54) is 0 Å². The van der Waals surface area contributed by atoms with Crippen LogP contribution in [0.25, 0.3) is 0 Å². The van der Waals surface area contributed by atoms with Crippen molar-refractivity contribution in [2.24, 2.45) is 5.14 Å². The summed E-state index contributed by atoms with van der Waals surface area (Å²) in [4.78, 5) is 0. The summed E-state index contributed by atoms with van der Waals surface area (Å²) < 4.78 is 30.1. The summed E-state index contributed by atoms with van der Waals surface area (Å²) in [6.07, 6.45) is 0.830. The molecule has 1 aliphatic heterocycles. The highest BCUT2D eigenvalue weighted by molar-refractivity contribution is 7.89. The third kappa shape index (κ3) is 2.27. The van der Waals surface area contributed by atoms with Crippen LogP contribution in [0.1, 0.15) is 45.0 Å². The van der Waals surface area contributed by atoms with Crippen molar-refractivity contribution in [3.8, 4) is 0 Å². The lowest BCUT2D eigenvalue weighted by atomic mass is 10.0. The van der Waals surface area contributed by atoms with Gasteiger partial charge in [0.25, 0.3) is 15.2 Å². The third-order valence-corrected chi connectivity index (χ3v) is 3.96. The average Bonchev–Trinajstić information content (AvgIpc) is 2.80. The fraction of sp³-hybridized carbons (Fsp3) is 0.800. The Kier molecular flexibility index (Phi) is 3.43. The van der Waals surface area contributed by atoms with Crippen LogP contribution in [0.3, 0.4) is 0 Å². The number of hydrogen-bond donors (Lipinski definition) is 1. The second-order valence-corrected chi connectivity index (χ2v) is 6.28. The molecule has 0 spiro atoms. The van der Waals surface area contributed by atoms with Crippen LogP contribution in [0.15, 0.2) is 5.16 Å². The van der Waals surface area contributed by atoms with Crippen molar-refractivity contribution in [2.75, 3.05) is 6.61 Å². The summed E-state index contributed by atoms with van der Waals surface area (Å²) >= 11 is 0. The summed E-state index contributed by atoms with van der Waals surface area (Å²) in [7, 11) is -3.86. The summed E-state index contributed by atoms with van der Waals surface area (Å²) in [6.45, 7) is 6.36. The first-order valence-electron chi connectivity index (χ1n) is 5.91. The Morgan fingerprint density at radius 3 is 2.56 bits per heavy atom. The molecule has 0 aliphatic carbocycles. The summed E-state index contributed by atoms with van der Waals surface area (Å²) in [5.74, 6) is 0.703. The van der Waals surface area contributed by atoms with Gasteiger partial charge in [-0.15, -0.1) is 10.2 Å². The molecule has 1 saturated heterocycles. The molecule has 0 radical (unpaired) electrons. The predicted octanol–water partition coefficient (Wildman–Crippen LogP) is 0.399. The first-order chi connectivity index (χ1) is 8.32. The minimum absolute atomic E-state index is 0.0139. The highest BCUT2D eigenvalue weighted by Gasteiger charge is 2.33. The number of sulfonamides is 1. The van der Waals surface area contributed by atoms with Gasteiger partial charge in [0.2, 0.25) is 0 Å². The SMILES string of the molecule is CC1OCCC1c1nnc(S(N)(=O)=O)n1C(C)C. The highest BCUT2D eigenvalue weighted by Crippen LogP contribution is 2.32. The van der Waals surface area contributed by atoms with Crippen LogP contribution in [-0.2, 0) is 14.8 Å². The molecule has 8 heteroatoms. The normalized spacial score (nSPS) is 24.9. The standard InChI is InChI=1S/C10H18N4O3S/c1-6(2)14-9(8-4-5-17-7(8)3)12-13-10(14)18(11,15)16/h6-8H,4-5H2,1-3H3,(H2,11,15,16). The lowest BCUT2D eigenvalue weighted by Crippen LogP contribution is -2.22. The molecular formula is C10H18N4O3S. The monoisotopic (exact) mass is 274 g/mol. The van der Waals surface area contributed by atoms with Crippen LogP contribution < -0.4 is 5.14 Å². The van der Waals surface area contributed by atoms with Crippen LogP contribution in [0.4, 0.5) is 0 Å².